The normalized spacial score (nSPS) is 11.4. The number of carbonyl (C=O) groups excluding carboxylic acids is 2. The van der Waals surface area contributed by atoms with Crippen molar-refractivity contribution < 1.29 is 22.8 Å². The van der Waals surface area contributed by atoms with Crippen LogP contribution in [0.4, 0.5) is 18.9 Å². The SMILES string of the molecule is CN(C)C(=O)c1ccc(NC(=O)CSc2nc(C(F)(F)F)nc3ccccc23)cc1. The zero-order valence-electron chi connectivity index (χ0n) is 16.0. The van der Waals surface area contributed by atoms with E-state index in [-0.39, 0.29) is 22.2 Å². The summed E-state index contributed by atoms with van der Waals surface area (Å²) >= 11 is 0.896. The number of carbonyl (C=O) groups is 2. The molecule has 0 aliphatic heterocycles. The summed E-state index contributed by atoms with van der Waals surface area (Å²) in [6, 6.07) is 12.7. The maximum atomic E-state index is 13.1. The second-order valence-corrected chi connectivity index (χ2v) is 7.45. The fourth-order valence-corrected chi connectivity index (χ4v) is 3.39. The Kier molecular flexibility index (Phi) is 6.25. The number of benzene rings is 2. The summed E-state index contributed by atoms with van der Waals surface area (Å²) in [5.74, 6) is -1.97. The second kappa shape index (κ2) is 8.70. The van der Waals surface area contributed by atoms with Crippen LogP contribution in [0.1, 0.15) is 16.2 Å². The second-order valence-electron chi connectivity index (χ2n) is 6.48. The zero-order valence-corrected chi connectivity index (χ0v) is 16.8. The van der Waals surface area contributed by atoms with Crippen molar-refractivity contribution >= 4 is 40.2 Å². The highest BCUT2D eigenvalue weighted by Gasteiger charge is 2.35. The predicted molar refractivity (Wildman–Crippen MR) is 108 cm³/mol. The van der Waals surface area contributed by atoms with Gasteiger partial charge in [-0.2, -0.15) is 13.2 Å². The molecule has 3 rings (SSSR count). The molecule has 0 spiro atoms. The number of nitrogens with one attached hydrogen (secondary N) is 1. The molecule has 0 atom stereocenters. The Bertz CT molecular complexity index is 1090. The monoisotopic (exact) mass is 434 g/mol. The highest BCUT2D eigenvalue weighted by molar-refractivity contribution is 8.00. The fourth-order valence-electron chi connectivity index (χ4n) is 2.57. The Morgan fingerprint density at radius 3 is 2.33 bits per heavy atom. The summed E-state index contributed by atoms with van der Waals surface area (Å²) in [5.41, 5.74) is 1.10. The molecular formula is C20H17F3N4O2S. The van der Waals surface area contributed by atoms with Crippen LogP contribution in [-0.2, 0) is 11.0 Å². The molecule has 10 heteroatoms. The number of nitrogens with zero attached hydrogens (tertiary/aromatic N) is 3. The molecule has 6 nitrogen and oxygen atoms in total. The van der Waals surface area contributed by atoms with Gasteiger partial charge in [-0.1, -0.05) is 30.0 Å². The number of para-hydroxylation sites is 1. The van der Waals surface area contributed by atoms with Gasteiger partial charge in [-0.15, -0.1) is 0 Å². The highest BCUT2D eigenvalue weighted by atomic mass is 32.2. The van der Waals surface area contributed by atoms with E-state index in [0.29, 0.717) is 16.6 Å². The number of rotatable bonds is 5. The van der Waals surface area contributed by atoms with Gasteiger partial charge in [0.05, 0.1) is 11.3 Å². The van der Waals surface area contributed by atoms with Crippen molar-refractivity contribution in [3.8, 4) is 0 Å². The van der Waals surface area contributed by atoms with Crippen LogP contribution in [0.15, 0.2) is 53.6 Å². The molecule has 0 aliphatic rings. The number of alkyl halides is 3. The standard InChI is InChI=1S/C20H17F3N4O2S/c1-27(2)18(29)12-7-9-13(10-8-12)24-16(28)11-30-17-14-5-3-4-6-15(14)25-19(26-17)20(21,22)23/h3-10H,11H2,1-2H3,(H,24,28). The molecule has 1 heterocycles. The number of hydrogen-bond acceptors (Lipinski definition) is 5. The lowest BCUT2D eigenvalue weighted by Crippen LogP contribution is -2.21. The van der Waals surface area contributed by atoms with Crippen molar-refractivity contribution in [2.75, 3.05) is 25.2 Å². The van der Waals surface area contributed by atoms with Gasteiger partial charge in [0, 0.05) is 30.7 Å². The first-order valence-corrected chi connectivity index (χ1v) is 9.72. The molecular weight excluding hydrogens is 417 g/mol. The van der Waals surface area contributed by atoms with Gasteiger partial charge >= 0.3 is 6.18 Å². The average Bonchev–Trinajstić information content (AvgIpc) is 2.71. The number of hydrogen-bond donors (Lipinski definition) is 1. The lowest BCUT2D eigenvalue weighted by molar-refractivity contribution is -0.145. The van der Waals surface area contributed by atoms with Gasteiger partial charge in [-0.05, 0) is 30.3 Å². The molecule has 1 aromatic heterocycles. The van der Waals surface area contributed by atoms with E-state index in [4.69, 9.17) is 0 Å². The van der Waals surface area contributed by atoms with E-state index in [9.17, 15) is 22.8 Å². The van der Waals surface area contributed by atoms with E-state index in [0.717, 1.165) is 11.8 Å². The molecule has 0 fully saturated rings. The maximum absolute atomic E-state index is 13.1. The molecule has 0 saturated carbocycles. The Hall–Kier alpha value is -3.14. The molecule has 156 valence electrons. The summed E-state index contributed by atoms with van der Waals surface area (Å²) in [7, 11) is 3.27. The van der Waals surface area contributed by atoms with Gasteiger partial charge in [0.15, 0.2) is 0 Å². The van der Waals surface area contributed by atoms with Crippen molar-refractivity contribution in [3.63, 3.8) is 0 Å². The number of halogens is 3. The van der Waals surface area contributed by atoms with Gasteiger partial charge in [0.1, 0.15) is 5.03 Å². The molecule has 0 bridgehead atoms. The van der Waals surface area contributed by atoms with Crippen LogP contribution in [0.5, 0.6) is 0 Å². The topological polar surface area (TPSA) is 75.2 Å². The first-order chi connectivity index (χ1) is 14.1. The number of fused-ring (bicyclic) bond motifs is 1. The van der Waals surface area contributed by atoms with Crippen molar-refractivity contribution in [3.05, 3.63) is 59.9 Å². The van der Waals surface area contributed by atoms with Gasteiger partial charge < -0.3 is 10.2 Å². The number of anilines is 1. The average molecular weight is 434 g/mol. The van der Waals surface area contributed by atoms with Crippen molar-refractivity contribution in [1.29, 1.82) is 0 Å². The Labute approximate surface area is 174 Å². The van der Waals surface area contributed by atoms with E-state index in [2.05, 4.69) is 15.3 Å². The van der Waals surface area contributed by atoms with Gasteiger partial charge in [-0.25, -0.2) is 9.97 Å². The van der Waals surface area contributed by atoms with Crippen LogP contribution in [0.3, 0.4) is 0 Å². The van der Waals surface area contributed by atoms with Gasteiger partial charge in [-0.3, -0.25) is 9.59 Å². The molecule has 3 aromatic rings. The third-order valence-electron chi connectivity index (χ3n) is 3.98. The number of thioether (sulfide) groups is 1. The first-order valence-electron chi connectivity index (χ1n) is 8.73. The maximum Gasteiger partial charge on any atom is 0.451 e. The van der Waals surface area contributed by atoms with E-state index >= 15 is 0 Å². The third kappa shape index (κ3) is 5.07. The lowest BCUT2D eigenvalue weighted by Gasteiger charge is -2.11. The highest BCUT2D eigenvalue weighted by Crippen LogP contribution is 2.32. The van der Waals surface area contributed by atoms with Crippen LogP contribution in [0.25, 0.3) is 10.9 Å². The molecule has 0 saturated heterocycles. The molecule has 2 aromatic carbocycles. The Morgan fingerprint density at radius 2 is 1.70 bits per heavy atom. The Morgan fingerprint density at radius 1 is 1.03 bits per heavy atom. The quantitative estimate of drug-likeness (QED) is 0.484. The lowest BCUT2D eigenvalue weighted by atomic mass is 10.2. The fraction of sp³-hybridized carbons (Fsp3) is 0.200. The summed E-state index contributed by atoms with van der Waals surface area (Å²) in [5, 5.41) is 3.17. The third-order valence-corrected chi connectivity index (χ3v) is 4.97. The van der Waals surface area contributed by atoms with E-state index < -0.39 is 17.9 Å². The molecule has 0 unspecified atom stereocenters. The minimum Gasteiger partial charge on any atom is -0.345 e. The zero-order chi connectivity index (χ0) is 21.9. The Balaban J connectivity index is 1.72. The minimum atomic E-state index is -4.69. The van der Waals surface area contributed by atoms with E-state index in [1.165, 1.54) is 11.0 Å². The van der Waals surface area contributed by atoms with Crippen molar-refractivity contribution in [2.45, 2.75) is 11.2 Å². The van der Waals surface area contributed by atoms with E-state index in [1.54, 1.807) is 56.6 Å². The van der Waals surface area contributed by atoms with Crippen LogP contribution in [-0.4, -0.2) is 46.5 Å². The van der Waals surface area contributed by atoms with Crippen LogP contribution in [0.2, 0.25) is 0 Å². The molecule has 0 aliphatic carbocycles. The van der Waals surface area contributed by atoms with Crippen molar-refractivity contribution in [2.24, 2.45) is 0 Å². The minimum absolute atomic E-state index is 0.0787. The summed E-state index contributed by atoms with van der Waals surface area (Å²) < 4.78 is 39.2. The predicted octanol–water partition coefficient (Wildman–Crippen LogP) is 4.08. The largest absolute Gasteiger partial charge is 0.451 e. The van der Waals surface area contributed by atoms with E-state index in [1.807, 2.05) is 0 Å². The smallest absolute Gasteiger partial charge is 0.345 e. The van der Waals surface area contributed by atoms with Crippen molar-refractivity contribution in [1.82, 2.24) is 14.9 Å². The number of aromatic nitrogens is 2. The van der Waals surface area contributed by atoms with Crippen LogP contribution < -0.4 is 5.32 Å². The van der Waals surface area contributed by atoms with Crippen LogP contribution >= 0.6 is 11.8 Å². The molecule has 1 N–H and O–H groups in total. The molecule has 30 heavy (non-hydrogen) atoms. The van der Waals surface area contributed by atoms with Crippen LogP contribution in [0, 0.1) is 0 Å². The van der Waals surface area contributed by atoms with Gasteiger partial charge in [0.2, 0.25) is 11.7 Å². The van der Waals surface area contributed by atoms with Gasteiger partial charge in [0.25, 0.3) is 5.91 Å². The summed E-state index contributed by atoms with van der Waals surface area (Å²) in [6.07, 6.45) is -4.69. The molecule has 0 radical (unpaired) electrons. The summed E-state index contributed by atoms with van der Waals surface area (Å²) in [4.78, 5) is 32.7. The molecule has 2 amide bonds. The number of amides is 2. The summed E-state index contributed by atoms with van der Waals surface area (Å²) in [6.45, 7) is 0. The first kappa shape index (κ1) is 21.6.